The van der Waals surface area contributed by atoms with E-state index >= 15 is 0 Å². The van der Waals surface area contributed by atoms with Crippen LogP contribution in [0.15, 0.2) is 0 Å². The number of nitrogens with two attached hydrogens (primary N) is 1. The number of rotatable bonds is 8. The standard InChI is InChI=1S/C12H21N3O6/c1-4-21-11(19)7-15(8(2)3)12(20)14(5-9(13)16)6-10(17)18/h8H,4-7H2,1-3H3,(H2,13,16)(H,17,18). The molecule has 120 valence electrons. The van der Waals surface area contributed by atoms with Gasteiger partial charge in [-0.1, -0.05) is 0 Å². The number of carboxylic acid groups (broad SMARTS) is 1. The lowest BCUT2D eigenvalue weighted by Gasteiger charge is -2.31. The van der Waals surface area contributed by atoms with Crippen molar-refractivity contribution in [3.05, 3.63) is 0 Å². The number of esters is 1. The molecular formula is C12H21N3O6. The second-order valence-electron chi connectivity index (χ2n) is 4.53. The van der Waals surface area contributed by atoms with Gasteiger partial charge in [0.05, 0.1) is 6.61 Å². The smallest absolute Gasteiger partial charge is 0.325 e. The average Bonchev–Trinajstić information content (AvgIpc) is 2.33. The zero-order valence-electron chi connectivity index (χ0n) is 12.4. The maximum absolute atomic E-state index is 12.3. The number of aliphatic carboxylic acids is 1. The van der Waals surface area contributed by atoms with Crippen LogP contribution in [0.25, 0.3) is 0 Å². The van der Waals surface area contributed by atoms with Crippen LogP contribution in [0.1, 0.15) is 20.8 Å². The summed E-state index contributed by atoms with van der Waals surface area (Å²) >= 11 is 0. The first-order valence-electron chi connectivity index (χ1n) is 6.40. The van der Waals surface area contributed by atoms with E-state index in [0.29, 0.717) is 0 Å². The van der Waals surface area contributed by atoms with Gasteiger partial charge in [-0.15, -0.1) is 0 Å². The normalized spacial score (nSPS) is 10.1. The van der Waals surface area contributed by atoms with Crippen LogP contribution in [0.4, 0.5) is 4.79 Å². The fourth-order valence-corrected chi connectivity index (χ4v) is 1.54. The molecule has 0 aliphatic heterocycles. The van der Waals surface area contributed by atoms with Gasteiger partial charge in [0.25, 0.3) is 0 Å². The molecule has 0 saturated carbocycles. The molecule has 0 aliphatic rings. The van der Waals surface area contributed by atoms with Gasteiger partial charge in [-0.25, -0.2) is 4.79 Å². The number of carboxylic acids is 1. The number of amides is 3. The Hall–Kier alpha value is -2.32. The summed E-state index contributed by atoms with van der Waals surface area (Å²) < 4.78 is 4.76. The molecule has 9 nitrogen and oxygen atoms in total. The Morgan fingerprint density at radius 3 is 2.10 bits per heavy atom. The van der Waals surface area contributed by atoms with Crippen LogP contribution in [0.3, 0.4) is 0 Å². The topological polar surface area (TPSA) is 130 Å². The van der Waals surface area contributed by atoms with Crippen molar-refractivity contribution in [3.8, 4) is 0 Å². The molecule has 0 bridgehead atoms. The summed E-state index contributed by atoms with van der Waals surface area (Å²) in [5, 5.41) is 8.78. The van der Waals surface area contributed by atoms with Crippen molar-refractivity contribution in [2.24, 2.45) is 5.73 Å². The number of primary amides is 1. The second kappa shape index (κ2) is 8.77. The van der Waals surface area contributed by atoms with E-state index in [-0.39, 0.29) is 19.2 Å². The highest BCUT2D eigenvalue weighted by molar-refractivity contribution is 5.87. The second-order valence-corrected chi connectivity index (χ2v) is 4.53. The van der Waals surface area contributed by atoms with E-state index in [1.807, 2.05) is 0 Å². The number of nitrogens with zero attached hydrogens (tertiary/aromatic N) is 2. The van der Waals surface area contributed by atoms with Crippen molar-refractivity contribution in [3.63, 3.8) is 0 Å². The third-order valence-corrected chi connectivity index (χ3v) is 2.42. The summed E-state index contributed by atoms with van der Waals surface area (Å²) in [4.78, 5) is 47.3. The third-order valence-electron chi connectivity index (χ3n) is 2.42. The Kier molecular flexibility index (Phi) is 7.80. The lowest BCUT2D eigenvalue weighted by Crippen LogP contribution is -2.52. The maximum Gasteiger partial charge on any atom is 0.325 e. The maximum atomic E-state index is 12.3. The number of hydrogen-bond donors (Lipinski definition) is 2. The van der Waals surface area contributed by atoms with Crippen molar-refractivity contribution in [1.29, 1.82) is 0 Å². The Morgan fingerprint density at radius 1 is 1.14 bits per heavy atom. The van der Waals surface area contributed by atoms with Crippen LogP contribution in [0, 0.1) is 0 Å². The van der Waals surface area contributed by atoms with Crippen LogP contribution in [-0.4, -0.2) is 71.1 Å². The van der Waals surface area contributed by atoms with Crippen LogP contribution >= 0.6 is 0 Å². The first kappa shape index (κ1) is 18.7. The van der Waals surface area contributed by atoms with Gasteiger partial charge < -0.3 is 25.4 Å². The monoisotopic (exact) mass is 303 g/mol. The molecular weight excluding hydrogens is 282 g/mol. The summed E-state index contributed by atoms with van der Waals surface area (Å²) in [6.07, 6.45) is 0. The number of ether oxygens (including phenoxy) is 1. The van der Waals surface area contributed by atoms with E-state index in [1.54, 1.807) is 20.8 Å². The van der Waals surface area contributed by atoms with Crippen molar-refractivity contribution >= 4 is 23.9 Å². The van der Waals surface area contributed by atoms with Gasteiger partial charge in [-0.3, -0.25) is 14.4 Å². The first-order valence-corrected chi connectivity index (χ1v) is 6.40. The van der Waals surface area contributed by atoms with Gasteiger partial charge in [0, 0.05) is 6.04 Å². The Morgan fingerprint density at radius 2 is 1.71 bits per heavy atom. The highest BCUT2D eigenvalue weighted by Gasteiger charge is 2.28. The molecule has 0 aromatic rings. The fourth-order valence-electron chi connectivity index (χ4n) is 1.54. The molecule has 9 heteroatoms. The fraction of sp³-hybridized carbons (Fsp3) is 0.667. The molecule has 0 rings (SSSR count). The molecule has 21 heavy (non-hydrogen) atoms. The van der Waals surface area contributed by atoms with Gasteiger partial charge in [0.2, 0.25) is 5.91 Å². The predicted molar refractivity (Wildman–Crippen MR) is 72.3 cm³/mol. The lowest BCUT2D eigenvalue weighted by atomic mass is 10.3. The van der Waals surface area contributed by atoms with E-state index in [0.717, 1.165) is 9.80 Å². The molecule has 3 N–H and O–H groups in total. The van der Waals surface area contributed by atoms with Gasteiger partial charge in [-0.05, 0) is 20.8 Å². The van der Waals surface area contributed by atoms with Crippen molar-refractivity contribution in [2.45, 2.75) is 26.8 Å². The number of hydrogen-bond acceptors (Lipinski definition) is 5. The largest absolute Gasteiger partial charge is 0.480 e. The van der Waals surface area contributed by atoms with Crippen LogP contribution < -0.4 is 5.73 Å². The SMILES string of the molecule is CCOC(=O)CN(C(=O)N(CC(N)=O)CC(=O)O)C(C)C. The molecule has 0 aromatic carbocycles. The summed E-state index contributed by atoms with van der Waals surface area (Å²) in [6.45, 7) is 3.53. The number of urea groups is 1. The molecule has 0 atom stereocenters. The summed E-state index contributed by atoms with van der Waals surface area (Å²) in [7, 11) is 0. The van der Waals surface area contributed by atoms with E-state index in [1.165, 1.54) is 0 Å². The zero-order valence-corrected chi connectivity index (χ0v) is 12.4. The van der Waals surface area contributed by atoms with Gasteiger partial charge >= 0.3 is 18.0 Å². The Bertz CT molecular complexity index is 394. The van der Waals surface area contributed by atoms with Gasteiger partial charge in [0.1, 0.15) is 19.6 Å². The quantitative estimate of drug-likeness (QED) is 0.567. The average molecular weight is 303 g/mol. The van der Waals surface area contributed by atoms with Crippen molar-refractivity contribution in [1.82, 2.24) is 9.80 Å². The van der Waals surface area contributed by atoms with E-state index < -0.39 is 37.0 Å². The molecule has 0 unspecified atom stereocenters. The van der Waals surface area contributed by atoms with Gasteiger partial charge in [0.15, 0.2) is 0 Å². The zero-order chi connectivity index (χ0) is 16.6. The molecule has 3 amide bonds. The van der Waals surface area contributed by atoms with Crippen LogP contribution in [-0.2, 0) is 19.1 Å². The molecule has 0 fully saturated rings. The molecule has 0 aliphatic carbocycles. The highest BCUT2D eigenvalue weighted by Crippen LogP contribution is 2.05. The predicted octanol–water partition coefficient (Wildman–Crippen LogP) is -0.748. The molecule has 0 saturated heterocycles. The highest BCUT2D eigenvalue weighted by atomic mass is 16.5. The lowest BCUT2D eigenvalue weighted by molar-refractivity contribution is -0.144. The molecule has 0 aromatic heterocycles. The van der Waals surface area contributed by atoms with Crippen molar-refractivity contribution < 1.29 is 29.0 Å². The van der Waals surface area contributed by atoms with E-state index in [9.17, 15) is 19.2 Å². The van der Waals surface area contributed by atoms with E-state index in [4.69, 9.17) is 15.6 Å². The minimum Gasteiger partial charge on any atom is -0.480 e. The third kappa shape index (κ3) is 7.14. The minimum atomic E-state index is -1.29. The molecule has 0 radical (unpaired) electrons. The minimum absolute atomic E-state index is 0.166. The summed E-state index contributed by atoms with van der Waals surface area (Å²) in [6, 6.07) is -1.15. The van der Waals surface area contributed by atoms with Crippen LogP contribution in [0.2, 0.25) is 0 Å². The first-order chi connectivity index (χ1) is 9.68. The molecule has 0 spiro atoms. The van der Waals surface area contributed by atoms with E-state index in [2.05, 4.69) is 0 Å². The Balaban J connectivity index is 5.06. The number of carbonyl (C=O) groups is 4. The number of carbonyl (C=O) groups excluding carboxylic acids is 3. The van der Waals surface area contributed by atoms with Crippen molar-refractivity contribution in [2.75, 3.05) is 26.2 Å². The van der Waals surface area contributed by atoms with Gasteiger partial charge in [-0.2, -0.15) is 0 Å². The van der Waals surface area contributed by atoms with Crippen LogP contribution in [0.5, 0.6) is 0 Å². The summed E-state index contributed by atoms with van der Waals surface area (Å²) in [5.74, 6) is -2.75. The molecule has 0 heterocycles. The Labute approximate surface area is 122 Å². The summed E-state index contributed by atoms with van der Waals surface area (Å²) in [5.41, 5.74) is 5.00.